The molecule has 1 unspecified atom stereocenters. The van der Waals surface area contributed by atoms with E-state index in [1.807, 2.05) is 24.3 Å². The number of ether oxygens (including phenoxy) is 1. The Bertz CT molecular complexity index is 1310. The van der Waals surface area contributed by atoms with Crippen LogP contribution in [0.4, 0.5) is 13.2 Å². The van der Waals surface area contributed by atoms with Crippen LogP contribution in [0.25, 0.3) is 22.2 Å². The van der Waals surface area contributed by atoms with Crippen molar-refractivity contribution in [2.24, 2.45) is 5.92 Å². The average molecular weight is 528 g/mol. The zero-order chi connectivity index (χ0) is 26.9. The van der Waals surface area contributed by atoms with E-state index in [-0.39, 0.29) is 24.2 Å². The number of amidine groups is 1. The van der Waals surface area contributed by atoms with E-state index >= 15 is 0 Å². The van der Waals surface area contributed by atoms with Crippen LogP contribution in [0.1, 0.15) is 55.0 Å². The molecule has 0 radical (unpaired) electrons. The number of H-pyrrole nitrogens is 1. The summed E-state index contributed by atoms with van der Waals surface area (Å²) in [6.45, 7) is 1.44. The van der Waals surface area contributed by atoms with Gasteiger partial charge in [0.2, 0.25) is 0 Å². The highest BCUT2D eigenvalue weighted by Crippen LogP contribution is 2.42. The van der Waals surface area contributed by atoms with Gasteiger partial charge in [0.25, 0.3) is 0 Å². The molecule has 8 nitrogen and oxygen atoms in total. The highest BCUT2D eigenvalue weighted by atomic mass is 19.4. The fraction of sp³-hybridized carbons (Fsp3) is 0.481. The van der Waals surface area contributed by atoms with Gasteiger partial charge in [0, 0.05) is 49.7 Å². The lowest BCUT2D eigenvalue weighted by Gasteiger charge is -2.36. The summed E-state index contributed by atoms with van der Waals surface area (Å²) in [7, 11) is 1.69. The third kappa shape index (κ3) is 5.30. The number of likely N-dealkylation sites (N-methyl/N-ethyl adjacent to an activating group) is 1. The van der Waals surface area contributed by atoms with Crippen LogP contribution in [0.3, 0.4) is 0 Å². The lowest BCUT2D eigenvalue weighted by molar-refractivity contribution is -0.141. The van der Waals surface area contributed by atoms with E-state index in [4.69, 9.17) is 15.6 Å². The van der Waals surface area contributed by atoms with Crippen LogP contribution in [0.15, 0.2) is 30.3 Å². The molecule has 38 heavy (non-hydrogen) atoms. The van der Waals surface area contributed by atoms with Gasteiger partial charge in [-0.1, -0.05) is 24.6 Å². The molecule has 0 amide bonds. The molecular weight excluding hydrogens is 495 g/mol. The second kappa shape index (κ2) is 10.8. The number of rotatable bonds is 8. The Morgan fingerprint density at radius 3 is 2.66 bits per heavy atom. The summed E-state index contributed by atoms with van der Waals surface area (Å²) in [5.41, 5.74) is 1.79. The minimum Gasteiger partial charge on any atom is -0.381 e. The third-order valence-electron chi connectivity index (χ3n) is 7.71. The normalized spacial score (nSPS) is 17.8. The Balaban J connectivity index is 1.53. The molecule has 1 atom stereocenters. The molecule has 11 heteroatoms. The van der Waals surface area contributed by atoms with Crippen molar-refractivity contribution < 1.29 is 17.9 Å². The molecule has 1 saturated heterocycles. The first-order valence-electron chi connectivity index (χ1n) is 12.9. The van der Waals surface area contributed by atoms with Gasteiger partial charge < -0.3 is 15.0 Å². The minimum atomic E-state index is -4.60. The van der Waals surface area contributed by atoms with Crippen molar-refractivity contribution in [2.45, 2.75) is 56.8 Å². The molecule has 5 rings (SSSR count). The SMILES string of the molecule is CN(C=N)C(=N)C(c1cccc(-c2n[nH]c3c(CNC4CCOCC4)nc(C(F)(F)F)cc23)c1)C1CCC1. The average Bonchev–Trinajstić information content (AvgIpc) is 3.33. The Hall–Kier alpha value is -3.31. The smallest absolute Gasteiger partial charge is 0.381 e. The van der Waals surface area contributed by atoms with Gasteiger partial charge in [0.15, 0.2) is 0 Å². The predicted molar refractivity (Wildman–Crippen MR) is 139 cm³/mol. The lowest BCUT2D eigenvalue weighted by Crippen LogP contribution is -2.36. The van der Waals surface area contributed by atoms with E-state index in [9.17, 15) is 13.2 Å². The first-order chi connectivity index (χ1) is 18.3. The number of aromatic nitrogens is 3. The van der Waals surface area contributed by atoms with Crippen molar-refractivity contribution in [3.8, 4) is 11.3 Å². The first-order valence-corrected chi connectivity index (χ1v) is 12.9. The summed E-state index contributed by atoms with van der Waals surface area (Å²) in [4.78, 5) is 5.46. The van der Waals surface area contributed by atoms with Crippen molar-refractivity contribution in [1.82, 2.24) is 25.4 Å². The third-order valence-corrected chi connectivity index (χ3v) is 7.71. The fourth-order valence-corrected chi connectivity index (χ4v) is 5.31. The van der Waals surface area contributed by atoms with E-state index in [1.165, 1.54) is 4.90 Å². The van der Waals surface area contributed by atoms with Gasteiger partial charge in [0.1, 0.15) is 17.2 Å². The molecule has 1 saturated carbocycles. The zero-order valence-electron chi connectivity index (χ0n) is 21.2. The van der Waals surface area contributed by atoms with Crippen LogP contribution in [0.5, 0.6) is 0 Å². The number of nitrogens with zero attached hydrogens (tertiary/aromatic N) is 3. The molecule has 3 aromatic rings. The number of fused-ring (bicyclic) bond motifs is 1. The van der Waals surface area contributed by atoms with E-state index < -0.39 is 11.9 Å². The maximum absolute atomic E-state index is 13.9. The molecular formula is C27H32F3N7O. The summed E-state index contributed by atoms with van der Waals surface area (Å²) >= 11 is 0. The van der Waals surface area contributed by atoms with Crippen LogP contribution in [0.2, 0.25) is 0 Å². The Kier molecular flexibility index (Phi) is 7.49. The van der Waals surface area contributed by atoms with Gasteiger partial charge in [-0.2, -0.15) is 18.3 Å². The maximum Gasteiger partial charge on any atom is 0.433 e. The van der Waals surface area contributed by atoms with Crippen LogP contribution in [0, 0.1) is 16.7 Å². The number of pyridine rings is 1. The van der Waals surface area contributed by atoms with Crippen LogP contribution in [-0.4, -0.2) is 58.6 Å². The predicted octanol–water partition coefficient (Wildman–Crippen LogP) is 5.31. The van der Waals surface area contributed by atoms with Gasteiger partial charge in [0.05, 0.1) is 17.5 Å². The molecule has 3 heterocycles. The molecule has 2 aliphatic rings. The van der Waals surface area contributed by atoms with E-state index in [2.05, 4.69) is 20.5 Å². The van der Waals surface area contributed by atoms with E-state index in [1.54, 1.807) is 7.05 Å². The molecule has 202 valence electrons. The second-order valence-corrected chi connectivity index (χ2v) is 10.1. The summed E-state index contributed by atoms with van der Waals surface area (Å²) in [5.74, 6) is 0.422. The molecule has 1 aromatic carbocycles. The number of halogens is 3. The topological polar surface area (TPSA) is 114 Å². The van der Waals surface area contributed by atoms with Gasteiger partial charge in [-0.05, 0) is 49.3 Å². The highest BCUT2D eigenvalue weighted by molar-refractivity contribution is 5.96. The molecule has 0 spiro atoms. The van der Waals surface area contributed by atoms with Crippen LogP contribution < -0.4 is 5.32 Å². The molecule has 1 aliphatic heterocycles. The largest absolute Gasteiger partial charge is 0.433 e. The molecule has 0 bridgehead atoms. The molecule has 2 aromatic heterocycles. The number of benzene rings is 1. The monoisotopic (exact) mass is 527 g/mol. The van der Waals surface area contributed by atoms with Gasteiger partial charge in [-0.15, -0.1) is 0 Å². The number of hydrogen-bond donors (Lipinski definition) is 4. The highest BCUT2D eigenvalue weighted by Gasteiger charge is 2.35. The van der Waals surface area contributed by atoms with Crippen LogP contribution in [-0.2, 0) is 17.5 Å². The van der Waals surface area contributed by atoms with Gasteiger partial charge >= 0.3 is 6.18 Å². The summed E-state index contributed by atoms with van der Waals surface area (Å²) < 4.78 is 46.9. The van der Waals surface area contributed by atoms with Crippen molar-refractivity contribution >= 4 is 23.1 Å². The maximum atomic E-state index is 13.9. The molecule has 1 aliphatic carbocycles. The first kappa shape index (κ1) is 26.3. The Labute approximate surface area is 219 Å². The summed E-state index contributed by atoms with van der Waals surface area (Å²) in [6.07, 6.45) is 1.22. The van der Waals surface area contributed by atoms with Crippen molar-refractivity contribution in [3.63, 3.8) is 0 Å². The summed E-state index contributed by atoms with van der Waals surface area (Å²) in [5, 5.41) is 27.4. The van der Waals surface area contributed by atoms with Crippen molar-refractivity contribution in [3.05, 3.63) is 47.3 Å². The molecule has 4 N–H and O–H groups in total. The molecule has 2 fully saturated rings. The summed E-state index contributed by atoms with van der Waals surface area (Å²) in [6, 6.07) is 8.76. The van der Waals surface area contributed by atoms with Gasteiger partial charge in [-0.3, -0.25) is 15.9 Å². The zero-order valence-corrected chi connectivity index (χ0v) is 21.2. The fourth-order valence-electron chi connectivity index (χ4n) is 5.31. The number of aromatic amines is 1. The Morgan fingerprint density at radius 2 is 2.00 bits per heavy atom. The second-order valence-electron chi connectivity index (χ2n) is 10.1. The quantitative estimate of drug-likeness (QED) is 0.234. The lowest BCUT2D eigenvalue weighted by atomic mass is 9.72. The van der Waals surface area contributed by atoms with E-state index in [0.29, 0.717) is 47.1 Å². The van der Waals surface area contributed by atoms with Crippen LogP contribution >= 0.6 is 0 Å². The van der Waals surface area contributed by atoms with Crippen molar-refractivity contribution in [1.29, 1.82) is 10.8 Å². The van der Waals surface area contributed by atoms with Crippen molar-refractivity contribution in [2.75, 3.05) is 20.3 Å². The van der Waals surface area contributed by atoms with Gasteiger partial charge in [-0.25, -0.2) is 4.98 Å². The number of nitrogens with one attached hydrogen (secondary N) is 4. The number of hydrogen-bond acceptors (Lipinski definition) is 6. The van der Waals surface area contributed by atoms with E-state index in [0.717, 1.165) is 50.1 Å². The standard InChI is InChI=1S/C27H32F3N7O/c1-37(15-31)26(32)23(16-4-2-5-16)17-6-3-7-18(12-17)24-20-13-22(27(28,29)30)34-21(25(20)36-35-24)14-33-19-8-10-38-11-9-19/h3,6-7,12-13,15-16,19,23,31-33H,2,4-5,8-11,14H2,1H3,(H,35,36). The number of alkyl halides is 3. The minimum absolute atomic E-state index is 0.159. The Morgan fingerprint density at radius 1 is 1.24 bits per heavy atom.